The molecule has 2 N–H and O–H groups in total. The Morgan fingerprint density at radius 2 is 2.04 bits per heavy atom. The molecule has 0 amide bonds. The van der Waals surface area contributed by atoms with Crippen molar-refractivity contribution in [3.05, 3.63) is 27.4 Å². The number of nitrogens with zero attached hydrogens (tertiary/aromatic N) is 2. The molecule has 0 spiro atoms. The highest BCUT2D eigenvalue weighted by atomic mass is 79.9. The highest BCUT2D eigenvalue weighted by molar-refractivity contribution is 9.13. The molecule has 1 saturated heterocycles. The van der Waals surface area contributed by atoms with Gasteiger partial charge in [0.05, 0.1) is 36.1 Å². The lowest BCUT2D eigenvalue weighted by atomic mass is 10.0. The number of aromatic nitrogens is 2. The summed E-state index contributed by atoms with van der Waals surface area (Å²) in [5.41, 5.74) is 1.97. The van der Waals surface area contributed by atoms with Crippen molar-refractivity contribution < 1.29 is 5.11 Å². The lowest BCUT2D eigenvalue weighted by Gasteiger charge is -2.24. The fourth-order valence-corrected chi connectivity index (χ4v) is 3.10. The third-order valence-corrected chi connectivity index (χ3v) is 5.44. The SMILES string of the molecule is Cl.Cl.O[C@H]1CCCN[C@@H]1C#CCn1cnc2cc(Br)c(Br)cc21. The Kier molecular flexibility index (Phi) is 8.36. The molecule has 0 aliphatic carbocycles. The Balaban J connectivity index is 0.00000132. The van der Waals surface area contributed by atoms with Crippen molar-refractivity contribution in [3.8, 4) is 11.8 Å². The van der Waals surface area contributed by atoms with Crippen LogP contribution >= 0.6 is 56.7 Å². The van der Waals surface area contributed by atoms with Crippen LogP contribution < -0.4 is 5.32 Å². The zero-order valence-corrected chi connectivity index (χ0v) is 16.9. The van der Waals surface area contributed by atoms with Crippen molar-refractivity contribution in [2.24, 2.45) is 0 Å². The topological polar surface area (TPSA) is 50.1 Å². The molecule has 1 aromatic carbocycles. The van der Waals surface area contributed by atoms with Crippen molar-refractivity contribution in [1.29, 1.82) is 0 Å². The molecule has 1 aromatic heterocycles. The van der Waals surface area contributed by atoms with Gasteiger partial charge in [0.25, 0.3) is 0 Å². The molecule has 1 aliphatic heterocycles. The van der Waals surface area contributed by atoms with Gasteiger partial charge in [0.2, 0.25) is 0 Å². The van der Waals surface area contributed by atoms with Gasteiger partial charge in [0.15, 0.2) is 0 Å². The minimum absolute atomic E-state index is 0. The first kappa shape index (κ1) is 20.8. The molecule has 0 bridgehead atoms. The molecule has 0 unspecified atom stereocenters. The summed E-state index contributed by atoms with van der Waals surface area (Å²) in [5, 5.41) is 13.1. The zero-order valence-electron chi connectivity index (χ0n) is 12.1. The van der Waals surface area contributed by atoms with Crippen LogP contribution in [0.15, 0.2) is 27.4 Å². The minimum Gasteiger partial charge on any atom is -0.390 e. The molecule has 2 heterocycles. The molecule has 1 aliphatic rings. The second-order valence-electron chi connectivity index (χ2n) is 5.09. The first-order valence-electron chi connectivity index (χ1n) is 6.85. The summed E-state index contributed by atoms with van der Waals surface area (Å²) in [6.07, 6.45) is 3.26. The summed E-state index contributed by atoms with van der Waals surface area (Å²) < 4.78 is 3.99. The largest absolute Gasteiger partial charge is 0.390 e. The van der Waals surface area contributed by atoms with E-state index in [1.54, 1.807) is 6.33 Å². The number of hydrogen-bond donors (Lipinski definition) is 2. The summed E-state index contributed by atoms with van der Waals surface area (Å²) in [6.45, 7) is 1.49. The van der Waals surface area contributed by atoms with E-state index in [1.807, 2.05) is 16.7 Å². The number of piperidine rings is 1. The first-order chi connectivity index (χ1) is 10.1. The number of imidazole rings is 1. The van der Waals surface area contributed by atoms with Gasteiger partial charge in [-0.2, -0.15) is 0 Å². The van der Waals surface area contributed by atoms with E-state index in [0.717, 1.165) is 39.4 Å². The Labute approximate surface area is 164 Å². The van der Waals surface area contributed by atoms with Crippen LogP contribution in [-0.4, -0.2) is 33.3 Å². The lowest BCUT2D eigenvalue weighted by Crippen LogP contribution is -2.43. The van der Waals surface area contributed by atoms with Crippen LogP contribution in [0, 0.1) is 11.8 Å². The molecule has 0 radical (unpaired) electrons. The van der Waals surface area contributed by atoms with Crippen molar-refractivity contribution in [1.82, 2.24) is 14.9 Å². The molecule has 1 fully saturated rings. The molecule has 4 nitrogen and oxygen atoms in total. The number of rotatable bonds is 1. The maximum atomic E-state index is 9.87. The van der Waals surface area contributed by atoms with Gasteiger partial charge in [0.1, 0.15) is 0 Å². The van der Waals surface area contributed by atoms with Crippen molar-refractivity contribution in [2.45, 2.75) is 31.5 Å². The van der Waals surface area contributed by atoms with Crippen molar-refractivity contribution >= 4 is 67.7 Å². The van der Waals surface area contributed by atoms with Crippen LogP contribution in [0.3, 0.4) is 0 Å². The maximum absolute atomic E-state index is 9.87. The number of hydrogen-bond acceptors (Lipinski definition) is 3. The highest BCUT2D eigenvalue weighted by Crippen LogP contribution is 2.27. The number of benzene rings is 1. The summed E-state index contributed by atoms with van der Waals surface area (Å²) in [4.78, 5) is 4.38. The fourth-order valence-electron chi connectivity index (χ4n) is 2.44. The Morgan fingerprint density at radius 3 is 2.78 bits per heavy atom. The van der Waals surface area contributed by atoms with Gasteiger partial charge in [0, 0.05) is 8.95 Å². The molecule has 126 valence electrons. The van der Waals surface area contributed by atoms with Gasteiger partial charge >= 0.3 is 0 Å². The number of aliphatic hydroxyl groups is 1. The number of nitrogens with one attached hydrogen (secondary N) is 1. The van der Waals surface area contributed by atoms with Crippen LogP contribution in [0.1, 0.15) is 12.8 Å². The lowest BCUT2D eigenvalue weighted by molar-refractivity contribution is 0.118. The van der Waals surface area contributed by atoms with Gasteiger partial charge in [-0.25, -0.2) is 4.98 Å². The van der Waals surface area contributed by atoms with Gasteiger partial charge in [-0.1, -0.05) is 11.8 Å². The highest BCUT2D eigenvalue weighted by Gasteiger charge is 2.19. The predicted octanol–water partition coefficient (Wildman–Crippen LogP) is 3.52. The summed E-state index contributed by atoms with van der Waals surface area (Å²) in [5.74, 6) is 6.26. The minimum atomic E-state index is -0.365. The smallest absolute Gasteiger partial charge is 0.0966 e. The summed E-state index contributed by atoms with van der Waals surface area (Å²) >= 11 is 6.98. The number of fused-ring (bicyclic) bond motifs is 1. The van der Waals surface area contributed by atoms with E-state index in [1.165, 1.54) is 0 Å². The standard InChI is InChI=1S/C15H15Br2N3O.2ClH/c16-10-7-13-14(8-11(10)17)20(9-19-13)6-2-3-12-15(21)4-1-5-18-12;;/h7-9,12,15,18,21H,1,4-6H2;2*1H/t12-,15+;;/m1../s1. The van der Waals surface area contributed by atoms with E-state index in [0.29, 0.717) is 6.54 Å². The third-order valence-electron chi connectivity index (χ3n) is 3.60. The molecule has 8 heteroatoms. The predicted molar refractivity (Wildman–Crippen MR) is 104 cm³/mol. The maximum Gasteiger partial charge on any atom is 0.0966 e. The van der Waals surface area contributed by atoms with E-state index in [2.05, 4.69) is 54.0 Å². The Hall–Kier alpha value is -0.290. The van der Waals surface area contributed by atoms with Crippen LogP contribution in [-0.2, 0) is 6.54 Å². The van der Waals surface area contributed by atoms with Crippen LogP contribution in [0.25, 0.3) is 11.0 Å². The molecular weight excluding hydrogens is 469 g/mol. The van der Waals surface area contributed by atoms with E-state index >= 15 is 0 Å². The Bertz CT molecular complexity index is 727. The average molecular weight is 486 g/mol. The van der Waals surface area contributed by atoms with Crippen molar-refractivity contribution in [2.75, 3.05) is 6.54 Å². The molecule has 0 saturated carbocycles. The molecule has 23 heavy (non-hydrogen) atoms. The van der Waals surface area contributed by atoms with Crippen LogP contribution in [0.2, 0.25) is 0 Å². The Morgan fingerprint density at radius 1 is 1.30 bits per heavy atom. The molecule has 2 atom stereocenters. The molecule has 3 rings (SSSR count). The van der Waals surface area contributed by atoms with E-state index in [4.69, 9.17) is 0 Å². The second kappa shape index (κ2) is 9.26. The fraction of sp³-hybridized carbons (Fsp3) is 0.400. The second-order valence-corrected chi connectivity index (χ2v) is 6.80. The van der Waals surface area contributed by atoms with Gasteiger partial charge in [-0.05, 0) is 63.4 Å². The summed E-state index contributed by atoms with van der Waals surface area (Å²) in [6, 6.07) is 3.90. The van der Waals surface area contributed by atoms with E-state index in [-0.39, 0.29) is 37.0 Å². The third kappa shape index (κ3) is 4.85. The van der Waals surface area contributed by atoms with Gasteiger partial charge < -0.3 is 15.0 Å². The average Bonchev–Trinajstić information content (AvgIpc) is 2.84. The van der Waals surface area contributed by atoms with Crippen LogP contribution in [0.5, 0.6) is 0 Å². The monoisotopic (exact) mass is 483 g/mol. The number of halogens is 4. The van der Waals surface area contributed by atoms with Crippen molar-refractivity contribution in [3.63, 3.8) is 0 Å². The van der Waals surface area contributed by atoms with Crippen LogP contribution in [0.4, 0.5) is 0 Å². The number of aliphatic hydroxyl groups excluding tert-OH is 1. The normalized spacial score (nSPS) is 20.1. The summed E-state index contributed by atoms with van der Waals surface area (Å²) in [7, 11) is 0. The zero-order chi connectivity index (χ0) is 14.8. The van der Waals surface area contributed by atoms with Gasteiger partial charge in [-0.3, -0.25) is 0 Å². The van der Waals surface area contributed by atoms with Gasteiger partial charge in [-0.15, -0.1) is 24.8 Å². The van der Waals surface area contributed by atoms with E-state index in [9.17, 15) is 5.11 Å². The molecule has 2 aromatic rings. The first-order valence-corrected chi connectivity index (χ1v) is 8.43. The quantitative estimate of drug-likeness (QED) is 0.608. The molecular formula is C15H17Br2Cl2N3O. The van der Waals surface area contributed by atoms with E-state index < -0.39 is 0 Å².